The third kappa shape index (κ3) is 4.07. The van der Waals surface area contributed by atoms with Crippen LogP contribution in [0.1, 0.15) is 0 Å². The highest BCUT2D eigenvalue weighted by atomic mass is 32.1. The zero-order valence-corrected chi connectivity index (χ0v) is 27.0. The van der Waals surface area contributed by atoms with E-state index in [0.717, 1.165) is 5.69 Å². The Labute approximate surface area is 280 Å². The second kappa shape index (κ2) is 10.5. The first-order valence-electron chi connectivity index (χ1n) is 15.9. The van der Waals surface area contributed by atoms with Crippen LogP contribution in [0.15, 0.2) is 164 Å². The van der Waals surface area contributed by atoms with Crippen molar-refractivity contribution in [1.82, 2.24) is 0 Å². The maximum absolute atomic E-state index is 2.48. The summed E-state index contributed by atoms with van der Waals surface area (Å²) in [5.41, 5.74) is 6.10. The predicted molar refractivity (Wildman–Crippen MR) is 207 cm³/mol. The molecule has 0 saturated heterocycles. The molecule has 8 aromatic carbocycles. The Morgan fingerprint density at radius 1 is 0.362 bits per heavy atom. The quantitative estimate of drug-likeness (QED) is 0.186. The van der Waals surface area contributed by atoms with Gasteiger partial charge in [0.25, 0.3) is 0 Å². The molecule has 0 spiro atoms. The Morgan fingerprint density at radius 3 is 1.85 bits per heavy atom. The van der Waals surface area contributed by atoms with Crippen molar-refractivity contribution in [3.05, 3.63) is 164 Å². The van der Waals surface area contributed by atoms with Crippen molar-refractivity contribution in [2.75, 3.05) is 4.90 Å². The Bertz CT molecular complexity index is 2800. The molecule has 220 valence electrons. The number of fused-ring (bicyclic) bond motifs is 9. The molecule has 47 heavy (non-hydrogen) atoms. The molecule has 0 radical (unpaired) electrons. The predicted octanol–water partition coefficient (Wildman–Crippen LogP) is 13.9. The van der Waals surface area contributed by atoms with Crippen LogP contribution in [0.5, 0.6) is 0 Å². The van der Waals surface area contributed by atoms with Crippen molar-refractivity contribution in [2.24, 2.45) is 0 Å². The molecule has 0 atom stereocenters. The Kier molecular flexibility index (Phi) is 5.98. The van der Waals surface area contributed by atoms with Crippen LogP contribution in [0.25, 0.3) is 73.0 Å². The van der Waals surface area contributed by atoms with Crippen LogP contribution in [-0.4, -0.2) is 0 Å². The first kappa shape index (κ1) is 26.7. The van der Waals surface area contributed by atoms with E-state index in [9.17, 15) is 0 Å². The van der Waals surface area contributed by atoms with Crippen molar-refractivity contribution in [3.63, 3.8) is 0 Å². The van der Waals surface area contributed by atoms with Crippen LogP contribution in [-0.2, 0) is 0 Å². The molecule has 0 aliphatic heterocycles. The number of nitrogens with zero attached hydrogens (tertiary/aromatic N) is 1. The highest BCUT2D eigenvalue weighted by Crippen LogP contribution is 2.50. The normalized spacial score (nSPS) is 11.8. The monoisotopic (exact) mass is 633 g/mol. The SMILES string of the molecule is c1ccc(N(c2cccc3ccccc23)c2cccc3sc4c5ccccc5c(-c5cccc6c5sc5ccccc56)cc4c23)cc1. The molecule has 0 aliphatic carbocycles. The summed E-state index contributed by atoms with van der Waals surface area (Å²) < 4.78 is 5.30. The van der Waals surface area contributed by atoms with Crippen LogP contribution in [0.4, 0.5) is 17.1 Å². The van der Waals surface area contributed by atoms with Crippen molar-refractivity contribution in [1.29, 1.82) is 0 Å². The number of anilines is 3. The van der Waals surface area contributed by atoms with Gasteiger partial charge in [0.2, 0.25) is 0 Å². The van der Waals surface area contributed by atoms with Gasteiger partial charge in [-0.25, -0.2) is 0 Å². The largest absolute Gasteiger partial charge is 0.309 e. The molecule has 1 nitrogen and oxygen atoms in total. The molecular formula is C44H27NS2. The van der Waals surface area contributed by atoms with Gasteiger partial charge >= 0.3 is 0 Å². The first-order chi connectivity index (χ1) is 23.3. The third-order valence-electron chi connectivity index (χ3n) is 9.44. The molecular weight excluding hydrogens is 607 g/mol. The summed E-state index contributed by atoms with van der Waals surface area (Å²) in [4.78, 5) is 2.46. The standard InChI is InChI=1S/C44H27NS2/c1-2-15-29(16-3-1)45(38-23-10-14-28-13-4-5-17-30(28)38)39-24-12-26-41-42(39)37-27-36(31-18-6-7-20-33(31)44(37)47-41)35-22-11-21-34-32-19-8-9-25-40(32)46-43(34)35/h1-27H. The van der Waals surface area contributed by atoms with Gasteiger partial charge in [-0.05, 0) is 58.8 Å². The third-order valence-corrected chi connectivity index (χ3v) is 11.9. The Morgan fingerprint density at radius 2 is 0.957 bits per heavy atom. The fourth-order valence-electron chi connectivity index (χ4n) is 7.39. The molecule has 0 bridgehead atoms. The van der Waals surface area contributed by atoms with Crippen molar-refractivity contribution < 1.29 is 0 Å². The zero-order valence-electron chi connectivity index (χ0n) is 25.4. The van der Waals surface area contributed by atoms with Crippen molar-refractivity contribution in [2.45, 2.75) is 0 Å². The van der Waals surface area contributed by atoms with Gasteiger partial charge in [-0.15, -0.1) is 22.7 Å². The second-order valence-corrected chi connectivity index (χ2v) is 14.2. The highest BCUT2D eigenvalue weighted by Gasteiger charge is 2.22. The summed E-state index contributed by atoms with van der Waals surface area (Å²) in [5, 5.41) is 10.3. The molecule has 0 aliphatic rings. The van der Waals surface area contributed by atoms with E-state index in [0.29, 0.717) is 0 Å². The minimum Gasteiger partial charge on any atom is -0.309 e. The van der Waals surface area contributed by atoms with Gasteiger partial charge in [-0.1, -0.05) is 121 Å². The van der Waals surface area contributed by atoms with Crippen molar-refractivity contribution in [3.8, 4) is 11.1 Å². The zero-order chi connectivity index (χ0) is 30.9. The Hall–Kier alpha value is -5.48. The summed E-state index contributed by atoms with van der Waals surface area (Å²) in [6.07, 6.45) is 0. The molecule has 0 amide bonds. The average molecular weight is 634 g/mol. The number of thiophene rings is 2. The lowest BCUT2D eigenvalue weighted by Crippen LogP contribution is -2.10. The van der Waals surface area contributed by atoms with E-state index in [2.05, 4.69) is 169 Å². The summed E-state index contributed by atoms with van der Waals surface area (Å²) >= 11 is 3.80. The fraction of sp³-hybridized carbons (Fsp3) is 0. The van der Waals surface area contributed by atoms with Crippen LogP contribution in [0, 0.1) is 0 Å². The minimum atomic E-state index is 1.15. The minimum absolute atomic E-state index is 1.15. The lowest BCUT2D eigenvalue weighted by atomic mass is 9.94. The van der Waals surface area contributed by atoms with E-state index >= 15 is 0 Å². The highest BCUT2D eigenvalue weighted by molar-refractivity contribution is 7.27. The van der Waals surface area contributed by atoms with Crippen LogP contribution in [0.2, 0.25) is 0 Å². The van der Waals surface area contributed by atoms with E-state index in [4.69, 9.17) is 0 Å². The van der Waals surface area contributed by atoms with E-state index in [1.165, 1.54) is 84.4 Å². The van der Waals surface area contributed by atoms with E-state index in [1.807, 2.05) is 22.7 Å². The number of hydrogen-bond acceptors (Lipinski definition) is 3. The molecule has 0 N–H and O–H groups in total. The maximum atomic E-state index is 2.48. The molecule has 3 heteroatoms. The number of rotatable bonds is 4. The smallest absolute Gasteiger partial charge is 0.0555 e. The lowest BCUT2D eigenvalue weighted by molar-refractivity contribution is 1.32. The topological polar surface area (TPSA) is 3.24 Å². The van der Waals surface area contributed by atoms with Crippen LogP contribution < -0.4 is 4.90 Å². The molecule has 2 aromatic heterocycles. The number of para-hydroxylation sites is 1. The van der Waals surface area contributed by atoms with E-state index < -0.39 is 0 Å². The average Bonchev–Trinajstić information content (AvgIpc) is 3.71. The molecule has 10 rings (SSSR count). The van der Waals surface area contributed by atoms with Gasteiger partial charge < -0.3 is 4.90 Å². The summed E-state index contributed by atoms with van der Waals surface area (Å²) in [5.74, 6) is 0. The second-order valence-electron chi connectivity index (χ2n) is 12.0. The van der Waals surface area contributed by atoms with E-state index in [-0.39, 0.29) is 0 Å². The lowest BCUT2D eigenvalue weighted by Gasteiger charge is -2.27. The molecule has 0 unspecified atom stereocenters. The van der Waals surface area contributed by atoms with Gasteiger partial charge in [-0.2, -0.15) is 0 Å². The van der Waals surface area contributed by atoms with Gasteiger partial charge in [0.05, 0.1) is 11.4 Å². The number of hydrogen-bond donors (Lipinski definition) is 0. The fourth-order valence-corrected chi connectivity index (χ4v) is 9.86. The van der Waals surface area contributed by atoms with Gasteiger partial charge in [0, 0.05) is 62.4 Å². The molecule has 10 aromatic rings. The molecule has 2 heterocycles. The number of benzene rings is 8. The summed E-state index contributed by atoms with van der Waals surface area (Å²) in [6, 6.07) is 60.0. The van der Waals surface area contributed by atoms with Gasteiger partial charge in [0.15, 0.2) is 0 Å². The summed E-state index contributed by atoms with van der Waals surface area (Å²) in [6.45, 7) is 0. The van der Waals surface area contributed by atoms with Crippen LogP contribution in [0.3, 0.4) is 0 Å². The van der Waals surface area contributed by atoms with Crippen molar-refractivity contribution >= 4 is 102 Å². The maximum Gasteiger partial charge on any atom is 0.0555 e. The summed E-state index contributed by atoms with van der Waals surface area (Å²) in [7, 11) is 0. The molecule has 0 fully saturated rings. The van der Waals surface area contributed by atoms with Crippen LogP contribution >= 0.6 is 22.7 Å². The van der Waals surface area contributed by atoms with Gasteiger partial charge in [-0.3, -0.25) is 0 Å². The molecule has 0 saturated carbocycles. The first-order valence-corrected chi connectivity index (χ1v) is 17.6. The Balaban J connectivity index is 1.32. The van der Waals surface area contributed by atoms with Gasteiger partial charge in [0.1, 0.15) is 0 Å². The van der Waals surface area contributed by atoms with E-state index in [1.54, 1.807) is 0 Å².